The van der Waals surface area contributed by atoms with Gasteiger partial charge in [-0.05, 0) is 126 Å². The monoisotopic (exact) mass is 711 g/mol. The fourth-order valence-electron chi connectivity index (χ4n) is 12.0. The van der Waals surface area contributed by atoms with Gasteiger partial charge in [0.1, 0.15) is 0 Å². The smallest absolute Gasteiger partial charge is 0.0543 e. The summed E-state index contributed by atoms with van der Waals surface area (Å²) in [6, 6.07) is 61.9. The molecule has 0 saturated heterocycles. The van der Waals surface area contributed by atoms with E-state index in [1.165, 1.54) is 103 Å². The van der Waals surface area contributed by atoms with Crippen molar-refractivity contribution in [1.29, 1.82) is 0 Å². The van der Waals surface area contributed by atoms with Gasteiger partial charge < -0.3 is 4.90 Å². The largest absolute Gasteiger partial charge is 0.309 e. The molecule has 260 valence electrons. The van der Waals surface area contributed by atoms with Crippen molar-refractivity contribution in [3.8, 4) is 33.4 Å². The van der Waals surface area contributed by atoms with Gasteiger partial charge in [0.05, 0.1) is 11.4 Å². The van der Waals surface area contributed by atoms with Gasteiger partial charge in [0.2, 0.25) is 0 Å². The fourth-order valence-corrected chi connectivity index (χ4v) is 13.2. The van der Waals surface area contributed by atoms with Gasteiger partial charge in [0.25, 0.3) is 0 Å². The quantitative estimate of drug-likeness (QED) is 0.172. The second-order valence-electron chi connectivity index (χ2n) is 16.5. The molecule has 1 aromatic heterocycles. The van der Waals surface area contributed by atoms with E-state index in [1.807, 2.05) is 11.3 Å². The highest BCUT2D eigenvalue weighted by Crippen LogP contribution is 2.70. The Morgan fingerprint density at radius 3 is 1.89 bits per heavy atom. The van der Waals surface area contributed by atoms with Crippen LogP contribution in [0, 0.1) is 23.7 Å². The van der Waals surface area contributed by atoms with E-state index >= 15 is 0 Å². The molecule has 1 heterocycles. The standard InChI is InChI=1S/C52H41NS/c1-2-11-36(12-3-1)41-13-5-8-18-47(41)53(40-24-21-35(22-25-40)37-23-26-43-42-14-6-9-20-49(42)54-50(43)32-37)48-19-10-17-46-51(48)44-15-4-7-16-45(44)52(46)38-28-33-27-34(30-38)31-39(52)29-33/h1-26,32-34,38-39H,27-31H2. The molecule has 54 heavy (non-hydrogen) atoms. The van der Waals surface area contributed by atoms with Crippen LogP contribution in [-0.4, -0.2) is 0 Å². The summed E-state index contributed by atoms with van der Waals surface area (Å²) in [6.45, 7) is 0. The average Bonchev–Trinajstić information content (AvgIpc) is 3.74. The lowest BCUT2D eigenvalue weighted by molar-refractivity contribution is -0.0399. The first-order valence-electron chi connectivity index (χ1n) is 19.9. The SMILES string of the molecule is c1ccc(-c2ccccc2N(c2ccc(-c3ccc4c(c3)sc3ccccc34)cc2)c2cccc3c2-c2ccccc2C32C3CC4CC(C3)CC2C4)cc1. The number of benzene rings is 7. The summed E-state index contributed by atoms with van der Waals surface area (Å²) in [5, 5.41) is 2.69. The molecule has 7 aromatic carbocycles. The molecule has 0 unspecified atom stereocenters. The number of thiophene rings is 1. The van der Waals surface area contributed by atoms with Crippen molar-refractivity contribution < 1.29 is 0 Å². The highest BCUT2D eigenvalue weighted by molar-refractivity contribution is 7.25. The summed E-state index contributed by atoms with van der Waals surface area (Å²) >= 11 is 1.89. The summed E-state index contributed by atoms with van der Waals surface area (Å²) in [5.74, 6) is 3.30. The van der Waals surface area contributed by atoms with Gasteiger partial charge in [-0.25, -0.2) is 0 Å². The minimum atomic E-state index is 0.120. The highest BCUT2D eigenvalue weighted by Gasteiger charge is 2.61. The summed E-state index contributed by atoms with van der Waals surface area (Å²) in [6.07, 6.45) is 7.02. The van der Waals surface area contributed by atoms with Crippen LogP contribution in [0.15, 0.2) is 164 Å². The van der Waals surface area contributed by atoms with E-state index in [2.05, 4.69) is 169 Å². The van der Waals surface area contributed by atoms with E-state index in [-0.39, 0.29) is 5.41 Å². The van der Waals surface area contributed by atoms with Crippen LogP contribution in [0.1, 0.15) is 43.2 Å². The Hall–Kier alpha value is -5.44. The average molecular weight is 712 g/mol. The maximum atomic E-state index is 2.58. The van der Waals surface area contributed by atoms with Crippen LogP contribution in [0.4, 0.5) is 17.1 Å². The van der Waals surface area contributed by atoms with Crippen molar-refractivity contribution in [3.05, 3.63) is 175 Å². The number of hydrogen-bond donors (Lipinski definition) is 0. The van der Waals surface area contributed by atoms with Crippen molar-refractivity contribution >= 4 is 48.6 Å². The van der Waals surface area contributed by atoms with E-state index in [4.69, 9.17) is 0 Å². The predicted molar refractivity (Wildman–Crippen MR) is 228 cm³/mol. The fraction of sp³-hybridized carbons (Fsp3) is 0.192. The minimum Gasteiger partial charge on any atom is -0.309 e. The summed E-state index contributed by atoms with van der Waals surface area (Å²) in [7, 11) is 0. The number of anilines is 3. The van der Waals surface area contributed by atoms with Crippen molar-refractivity contribution in [2.45, 2.75) is 37.5 Å². The van der Waals surface area contributed by atoms with Crippen LogP contribution in [0.2, 0.25) is 0 Å². The zero-order chi connectivity index (χ0) is 35.4. The third-order valence-electron chi connectivity index (χ3n) is 13.9. The van der Waals surface area contributed by atoms with Crippen molar-refractivity contribution in [1.82, 2.24) is 0 Å². The molecule has 0 aliphatic heterocycles. The van der Waals surface area contributed by atoms with Crippen LogP contribution in [-0.2, 0) is 5.41 Å². The Labute approximate surface area is 321 Å². The molecule has 4 saturated carbocycles. The lowest BCUT2D eigenvalue weighted by atomic mass is 9.43. The van der Waals surface area contributed by atoms with Crippen molar-refractivity contribution in [2.24, 2.45) is 23.7 Å². The number of hydrogen-bond acceptors (Lipinski definition) is 2. The van der Waals surface area contributed by atoms with Crippen LogP contribution in [0.25, 0.3) is 53.6 Å². The van der Waals surface area contributed by atoms with Crippen LogP contribution in [0.5, 0.6) is 0 Å². The third kappa shape index (κ3) is 4.38. The van der Waals surface area contributed by atoms with Gasteiger partial charge in [0.15, 0.2) is 0 Å². The zero-order valence-corrected chi connectivity index (χ0v) is 31.1. The second kappa shape index (κ2) is 11.8. The molecular formula is C52H41NS. The molecule has 2 heteroatoms. The number of para-hydroxylation sites is 1. The highest BCUT2D eigenvalue weighted by atomic mass is 32.1. The Balaban J connectivity index is 1.05. The van der Waals surface area contributed by atoms with Crippen molar-refractivity contribution in [2.75, 3.05) is 4.90 Å². The molecule has 1 spiro atoms. The first-order chi connectivity index (χ1) is 26.7. The Bertz CT molecular complexity index is 2710. The lowest BCUT2D eigenvalue weighted by Gasteiger charge is -2.61. The van der Waals surface area contributed by atoms with Crippen LogP contribution in [0.3, 0.4) is 0 Å². The molecule has 4 fully saturated rings. The summed E-state index contributed by atoms with van der Waals surface area (Å²) in [5.41, 5.74) is 14.9. The normalized spacial score (nSPS) is 23.3. The summed E-state index contributed by atoms with van der Waals surface area (Å²) < 4.78 is 2.69. The predicted octanol–water partition coefficient (Wildman–Crippen LogP) is 14.6. The van der Waals surface area contributed by atoms with Gasteiger partial charge in [0, 0.05) is 42.4 Å². The van der Waals surface area contributed by atoms with Gasteiger partial charge in [-0.3, -0.25) is 0 Å². The van der Waals surface area contributed by atoms with E-state index in [0.29, 0.717) is 0 Å². The van der Waals surface area contributed by atoms with E-state index in [9.17, 15) is 0 Å². The zero-order valence-electron chi connectivity index (χ0n) is 30.3. The molecule has 13 rings (SSSR count). The Kier molecular flexibility index (Phi) is 6.75. The molecule has 5 aliphatic carbocycles. The van der Waals surface area contributed by atoms with E-state index < -0.39 is 0 Å². The van der Waals surface area contributed by atoms with Crippen LogP contribution < -0.4 is 4.90 Å². The molecule has 4 bridgehead atoms. The van der Waals surface area contributed by atoms with Crippen molar-refractivity contribution in [3.63, 3.8) is 0 Å². The Morgan fingerprint density at radius 2 is 1.07 bits per heavy atom. The molecule has 0 amide bonds. The van der Waals surface area contributed by atoms with Crippen LogP contribution >= 0.6 is 11.3 Å². The molecule has 0 atom stereocenters. The number of rotatable bonds is 5. The van der Waals surface area contributed by atoms with Gasteiger partial charge in [-0.15, -0.1) is 11.3 Å². The lowest BCUT2D eigenvalue weighted by Crippen LogP contribution is -2.55. The first-order valence-corrected chi connectivity index (χ1v) is 20.8. The van der Waals surface area contributed by atoms with E-state index in [1.54, 1.807) is 11.1 Å². The third-order valence-corrected chi connectivity index (χ3v) is 15.0. The van der Waals surface area contributed by atoms with Gasteiger partial charge in [-0.2, -0.15) is 0 Å². The van der Waals surface area contributed by atoms with E-state index in [0.717, 1.165) is 23.7 Å². The second-order valence-corrected chi connectivity index (χ2v) is 17.6. The topological polar surface area (TPSA) is 3.24 Å². The number of fused-ring (bicyclic) bond motifs is 6. The maximum absolute atomic E-state index is 2.58. The molecule has 1 nitrogen and oxygen atoms in total. The molecule has 5 aliphatic rings. The van der Waals surface area contributed by atoms with Gasteiger partial charge in [-0.1, -0.05) is 127 Å². The molecule has 0 radical (unpaired) electrons. The molecule has 8 aromatic rings. The Morgan fingerprint density at radius 1 is 0.444 bits per heavy atom. The summed E-state index contributed by atoms with van der Waals surface area (Å²) in [4.78, 5) is 2.58. The number of nitrogens with zero attached hydrogens (tertiary/aromatic N) is 1. The first kappa shape index (κ1) is 31.0. The minimum absolute atomic E-state index is 0.120. The van der Waals surface area contributed by atoms with Gasteiger partial charge >= 0.3 is 0 Å². The molecular weight excluding hydrogens is 671 g/mol. The molecule has 0 N–H and O–H groups in total. The maximum Gasteiger partial charge on any atom is 0.0543 e.